The quantitative estimate of drug-likeness (QED) is 0.906. The lowest BCUT2D eigenvalue weighted by molar-refractivity contribution is 0.430. The highest BCUT2D eigenvalue weighted by Crippen LogP contribution is 2.26. The fourth-order valence-electron chi connectivity index (χ4n) is 1.85. The topological polar surface area (TPSA) is 38.1 Å². The number of nitrogens with zero attached hydrogens (tertiary/aromatic N) is 1. The summed E-state index contributed by atoms with van der Waals surface area (Å²) in [4.78, 5) is 0. The zero-order chi connectivity index (χ0) is 12.5. The molecule has 0 spiro atoms. The van der Waals surface area contributed by atoms with Crippen LogP contribution in [0.3, 0.4) is 0 Å². The second-order valence-electron chi connectivity index (χ2n) is 4.49. The first-order valence-electron chi connectivity index (χ1n) is 5.86. The molecule has 2 aromatic rings. The first-order valence-corrected chi connectivity index (χ1v) is 5.86. The molecule has 3 rings (SSSR count). The zero-order valence-electron chi connectivity index (χ0n) is 9.62. The molecular formula is C13H12F2N2O. The molecule has 0 unspecified atom stereocenters. The Morgan fingerprint density at radius 1 is 1.22 bits per heavy atom. The number of nitrogens with one attached hydrogen (secondary N) is 1. The van der Waals surface area contributed by atoms with E-state index in [1.165, 1.54) is 25.0 Å². The third kappa shape index (κ3) is 2.41. The maximum Gasteiger partial charge on any atom is 0.171 e. The van der Waals surface area contributed by atoms with Gasteiger partial charge in [0, 0.05) is 29.8 Å². The Morgan fingerprint density at radius 3 is 2.61 bits per heavy atom. The van der Waals surface area contributed by atoms with Crippen molar-refractivity contribution in [3.05, 3.63) is 41.6 Å². The van der Waals surface area contributed by atoms with Crippen LogP contribution in [0.4, 0.5) is 8.78 Å². The van der Waals surface area contributed by atoms with E-state index >= 15 is 0 Å². The van der Waals surface area contributed by atoms with Gasteiger partial charge in [0.1, 0.15) is 11.6 Å². The molecule has 1 fully saturated rings. The first kappa shape index (κ1) is 11.3. The van der Waals surface area contributed by atoms with E-state index in [-0.39, 0.29) is 0 Å². The molecule has 1 heterocycles. The van der Waals surface area contributed by atoms with Crippen LogP contribution in [0.15, 0.2) is 28.9 Å². The van der Waals surface area contributed by atoms with Gasteiger partial charge in [-0.3, -0.25) is 0 Å². The summed E-state index contributed by atoms with van der Waals surface area (Å²) in [6, 6.07) is 3.87. The standard InChI is InChI=1S/C13H12F2N2O/c14-10-3-8(4-11(15)5-10)13-9(7-17-18-13)6-16-12-1-2-12/h3-5,7,12,16H,1-2,6H2. The fourth-order valence-corrected chi connectivity index (χ4v) is 1.85. The number of halogens is 2. The predicted molar refractivity (Wildman–Crippen MR) is 61.7 cm³/mol. The minimum absolute atomic E-state index is 0.373. The molecule has 1 aliphatic carbocycles. The van der Waals surface area contributed by atoms with Gasteiger partial charge < -0.3 is 9.84 Å². The highest BCUT2D eigenvalue weighted by Gasteiger charge is 2.21. The molecule has 1 N–H and O–H groups in total. The van der Waals surface area contributed by atoms with E-state index in [2.05, 4.69) is 10.5 Å². The van der Waals surface area contributed by atoms with Crippen LogP contribution in [0.1, 0.15) is 18.4 Å². The highest BCUT2D eigenvalue weighted by molar-refractivity contribution is 5.60. The third-order valence-corrected chi connectivity index (χ3v) is 2.93. The Labute approximate surface area is 103 Å². The lowest BCUT2D eigenvalue weighted by Gasteiger charge is -2.03. The van der Waals surface area contributed by atoms with Crippen molar-refractivity contribution in [3.63, 3.8) is 0 Å². The largest absolute Gasteiger partial charge is 0.356 e. The molecule has 1 aromatic carbocycles. The van der Waals surface area contributed by atoms with Crippen LogP contribution in [0, 0.1) is 11.6 Å². The normalized spacial score (nSPS) is 15.0. The van der Waals surface area contributed by atoms with Gasteiger partial charge in [0.15, 0.2) is 5.76 Å². The molecule has 0 radical (unpaired) electrons. The maximum atomic E-state index is 13.2. The number of hydrogen-bond donors (Lipinski definition) is 1. The Kier molecular flexibility index (Phi) is 2.83. The Balaban J connectivity index is 1.87. The average molecular weight is 250 g/mol. The van der Waals surface area contributed by atoms with E-state index in [4.69, 9.17) is 4.52 Å². The lowest BCUT2D eigenvalue weighted by atomic mass is 10.1. The van der Waals surface area contributed by atoms with E-state index in [1.807, 2.05) is 0 Å². The van der Waals surface area contributed by atoms with Crippen molar-refractivity contribution in [2.45, 2.75) is 25.4 Å². The molecule has 1 aromatic heterocycles. The fraction of sp³-hybridized carbons (Fsp3) is 0.308. The molecule has 0 saturated heterocycles. The number of rotatable bonds is 4. The second kappa shape index (κ2) is 4.49. The number of aromatic nitrogens is 1. The number of benzene rings is 1. The summed E-state index contributed by atoms with van der Waals surface area (Å²) in [7, 11) is 0. The molecule has 0 aliphatic heterocycles. The SMILES string of the molecule is Fc1cc(F)cc(-c2oncc2CNC2CC2)c1. The molecule has 1 saturated carbocycles. The first-order chi connectivity index (χ1) is 8.72. The second-order valence-corrected chi connectivity index (χ2v) is 4.49. The van der Waals surface area contributed by atoms with Gasteiger partial charge in [0.2, 0.25) is 0 Å². The summed E-state index contributed by atoms with van der Waals surface area (Å²) < 4.78 is 31.4. The molecule has 18 heavy (non-hydrogen) atoms. The van der Waals surface area contributed by atoms with Gasteiger partial charge in [-0.2, -0.15) is 0 Å². The number of hydrogen-bond acceptors (Lipinski definition) is 3. The van der Waals surface area contributed by atoms with Gasteiger partial charge >= 0.3 is 0 Å². The molecule has 0 atom stereocenters. The highest BCUT2D eigenvalue weighted by atomic mass is 19.1. The molecule has 1 aliphatic rings. The van der Waals surface area contributed by atoms with Gasteiger partial charge in [-0.15, -0.1) is 0 Å². The van der Waals surface area contributed by atoms with Crippen LogP contribution in [0.25, 0.3) is 11.3 Å². The minimum atomic E-state index is -0.623. The van der Waals surface area contributed by atoms with Crippen LogP contribution in [-0.2, 0) is 6.54 Å². The van der Waals surface area contributed by atoms with Gasteiger partial charge in [-0.05, 0) is 25.0 Å². The Bertz CT molecular complexity index is 544. The summed E-state index contributed by atoms with van der Waals surface area (Å²) in [5.74, 6) is -0.827. The summed E-state index contributed by atoms with van der Waals surface area (Å²) in [6.07, 6.45) is 3.93. The molecule has 0 bridgehead atoms. The summed E-state index contributed by atoms with van der Waals surface area (Å²) in [5.41, 5.74) is 1.18. The van der Waals surface area contributed by atoms with Crippen molar-refractivity contribution in [2.75, 3.05) is 0 Å². The van der Waals surface area contributed by atoms with E-state index in [0.29, 0.717) is 23.9 Å². The van der Waals surface area contributed by atoms with Gasteiger partial charge in [-0.25, -0.2) is 8.78 Å². The summed E-state index contributed by atoms with van der Waals surface area (Å²) >= 11 is 0. The summed E-state index contributed by atoms with van der Waals surface area (Å²) in [5, 5.41) is 7.01. The lowest BCUT2D eigenvalue weighted by Crippen LogP contribution is -2.15. The van der Waals surface area contributed by atoms with E-state index in [1.54, 1.807) is 6.20 Å². The van der Waals surface area contributed by atoms with Crippen molar-refractivity contribution in [1.82, 2.24) is 10.5 Å². The van der Waals surface area contributed by atoms with Gasteiger partial charge in [0.25, 0.3) is 0 Å². The van der Waals surface area contributed by atoms with Crippen molar-refractivity contribution in [1.29, 1.82) is 0 Å². The van der Waals surface area contributed by atoms with Crippen LogP contribution < -0.4 is 5.32 Å². The molecule has 0 amide bonds. The van der Waals surface area contributed by atoms with Crippen molar-refractivity contribution >= 4 is 0 Å². The maximum absolute atomic E-state index is 13.2. The van der Waals surface area contributed by atoms with Crippen molar-refractivity contribution < 1.29 is 13.3 Å². The van der Waals surface area contributed by atoms with Crippen LogP contribution >= 0.6 is 0 Å². The molecule has 3 nitrogen and oxygen atoms in total. The Hall–Kier alpha value is -1.75. The van der Waals surface area contributed by atoms with Gasteiger partial charge in [-0.1, -0.05) is 5.16 Å². The van der Waals surface area contributed by atoms with Gasteiger partial charge in [0.05, 0.1) is 6.20 Å². The molecular weight excluding hydrogens is 238 g/mol. The van der Waals surface area contributed by atoms with Crippen LogP contribution in [0.5, 0.6) is 0 Å². The zero-order valence-corrected chi connectivity index (χ0v) is 9.62. The van der Waals surface area contributed by atoms with E-state index in [0.717, 1.165) is 11.6 Å². The van der Waals surface area contributed by atoms with Crippen LogP contribution in [-0.4, -0.2) is 11.2 Å². The molecule has 94 valence electrons. The van der Waals surface area contributed by atoms with E-state index < -0.39 is 11.6 Å². The van der Waals surface area contributed by atoms with E-state index in [9.17, 15) is 8.78 Å². The van der Waals surface area contributed by atoms with Crippen molar-refractivity contribution in [2.24, 2.45) is 0 Å². The monoisotopic (exact) mass is 250 g/mol. The van der Waals surface area contributed by atoms with Crippen molar-refractivity contribution in [3.8, 4) is 11.3 Å². The smallest absolute Gasteiger partial charge is 0.171 e. The summed E-state index contributed by atoms with van der Waals surface area (Å²) in [6.45, 7) is 0.599. The minimum Gasteiger partial charge on any atom is -0.356 e. The Morgan fingerprint density at radius 2 is 1.94 bits per heavy atom. The third-order valence-electron chi connectivity index (χ3n) is 2.93. The molecule has 5 heteroatoms. The average Bonchev–Trinajstić information content (AvgIpc) is 3.02. The predicted octanol–water partition coefficient (Wildman–Crippen LogP) is 2.87. The van der Waals surface area contributed by atoms with Crippen LogP contribution in [0.2, 0.25) is 0 Å².